The Hall–Kier alpha value is -4.34. The van der Waals surface area contributed by atoms with Crippen LogP contribution in [0.4, 0.5) is 11.4 Å². The molecular weight excluding hydrogens is 448 g/mol. The number of fused-ring (bicyclic) bond motifs is 1. The number of hydrogen-bond acceptors (Lipinski definition) is 6. The van der Waals surface area contributed by atoms with Crippen molar-refractivity contribution in [3.63, 3.8) is 0 Å². The SMILES string of the molecule is Cc1c(NC(=O)c2c(NC(=O)c3ccc(COc4ccc5c(c4)CCC5)o3)cnn2C)cnn1C. The highest BCUT2D eigenvalue weighted by molar-refractivity contribution is 6.11. The molecule has 0 fully saturated rings. The van der Waals surface area contributed by atoms with E-state index in [2.05, 4.69) is 33.0 Å². The molecule has 10 nitrogen and oxygen atoms in total. The number of aryl methyl sites for hydroxylation is 4. The van der Waals surface area contributed by atoms with Crippen molar-refractivity contribution in [2.75, 3.05) is 10.6 Å². The van der Waals surface area contributed by atoms with Crippen LogP contribution in [0, 0.1) is 6.92 Å². The fourth-order valence-corrected chi connectivity index (χ4v) is 4.16. The Kier molecular flexibility index (Phi) is 5.86. The number of rotatable bonds is 7. The second-order valence-corrected chi connectivity index (χ2v) is 8.54. The van der Waals surface area contributed by atoms with E-state index in [1.165, 1.54) is 28.4 Å². The molecule has 1 aliphatic rings. The molecule has 4 aromatic rings. The molecule has 5 rings (SSSR count). The van der Waals surface area contributed by atoms with E-state index in [9.17, 15) is 9.59 Å². The molecule has 0 atom stereocenters. The van der Waals surface area contributed by atoms with Crippen LogP contribution in [0.5, 0.6) is 5.75 Å². The number of carbonyl (C=O) groups excluding carboxylic acids is 2. The van der Waals surface area contributed by atoms with Crippen molar-refractivity contribution in [3.8, 4) is 5.75 Å². The van der Waals surface area contributed by atoms with Gasteiger partial charge >= 0.3 is 0 Å². The maximum Gasteiger partial charge on any atom is 0.291 e. The van der Waals surface area contributed by atoms with E-state index in [1.54, 1.807) is 37.1 Å². The lowest BCUT2D eigenvalue weighted by Gasteiger charge is -2.08. The van der Waals surface area contributed by atoms with Crippen molar-refractivity contribution >= 4 is 23.2 Å². The van der Waals surface area contributed by atoms with Crippen LogP contribution < -0.4 is 15.4 Å². The quantitative estimate of drug-likeness (QED) is 0.423. The lowest BCUT2D eigenvalue weighted by molar-refractivity contribution is 0.0992. The van der Waals surface area contributed by atoms with Gasteiger partial charge in [-0.3, -0.25) is 19.0 Å². The maximum absolute atomic E-state index is 12.9. The topological polar surface area (TPSA) is 116 Å². The maximum atomic E-state index is 12.9. The first-order chi connectivity index (χ1) is 16.9. The van der Waals surface area contributed by atoms with Crippen LogP contribution in [0.1, 0.15) is 50.0 Å². The first kappa shape index (κ1) is 22.5. The Morgan fingerprint density at radius 2 is 1.71 bits per heavy atom. The molecular formula is C25H26N6O4. The van der Waals surface area contributed by atoms with Gasteiger partial charge in [0.25, 0.3) is 11.8 Å². The zero-order chi connectivity index (χ0) is 24.5. The zero-order valence-corrected chi connectivity index (χ0v) is 19.8. The molecule has 0 aliphatic heterocycles. The van der Waals surface area contributed by atoms with E-state index in [1.807, 2.05) is 13.0 Å². The zero-order valence-electron chi connectivity index (χ0n) is 19.8. The van der Waals surface area contributed by atoms with Gasteiger partial charge in [-0.25, -0.2) is 0 Å². The lowest BCUT2D eigenvalue weighted by atomic mass is 10.1. The molecule has 3 heterocycles. The van der Waals surface area contributed by atoms with Gasteiger partial charge in [0.1, 0.15) is 23.8 Å². The number of carbonyl (C=O) groups is 2. The first-order valence-electron chi connectivity index (χ1n) is 11.4. The van der Waals surface area contributed by atoms with Gasteiger partial charge in [0.15, 0.2) is 5.76 Å². The number of hydrogen-bond donors (Lipinski definition) is 2. The number of furan rings is 1. The van der Waals surface area contributed by atoms with Crippen LogP contribution in [0.2, 0.25) is 0 Å². The van der Waals surface area contributed by atoms with E-state index in [0.29, 0.717) is 11.4 Å². The van der Waals surface area contributed by atoms with Gasteiger partial charge in [-0.2, -0.15) is 10.2 Å². The summed E-state index contributed by atoms with van der Waals surface area (Å²) in [5.74, 6) is 0.498. The minimum absolute atomic E-state index is 0.107. The summed E-state index contributed by atoms with van der Waals surface area (Å²) in [4.78, 5) is 25.7. The number of benzene rings is 1. The minimum atomic E-state index is -0.492. The van der Waals surface area contributed by atoms with Crippen molar-refractivity contribution in [1.82, 2.24) is 19.6 Å². The summed E-state index contributed by atoms with van der Waals surface area (Å²) in [6.45, 7) is 2.05. The monoisotopic (exact) mass is 474 g/mol. The fourth-order valence-electron chi connectivity index (χ4n) is 4.16. The van der Waals surface area contributed by atoms with E-state index >= 15 is 0 Å². The van der Waals surface area contributed by atoms with Crippen LogP contribution in [-0.4, -0.2) is 31.4 Å². The number of nitrogens with zero attached hydrogens (tertiary/aromatic N) is 4. The Morgan fingerprint density at radius 3 is 2.51 bits per heavy atom. The summed E-state index contributed by atoms with van der Waals surface area (Å²) >= 11 is 0. The third kappa shape index (κ3) is 4.54. The molecule has 35 heavy (non-hydrogen) atoms. The van der Waals surface area contributed by atoms with Crippen LogP contribution in [0.15, 0.2) is 47.1 Å². The highest BCUT2D eigenvalue weighted by atomic mass is 16.5. The van der Waals surface area contributed by atoms with Crippen LogP contribution in [0.3, 0.4) is 0 Å². The number of nitrogens with one attached hydrogen (secondary N) is 2. The highest BCUT2D eigenvalue weighted by Crippen LogP contribution is 2.27. The van der Waals surface area contributed by atoms with Gasteiger partial charge in [0.05, 0.1) is 29.5 Å². The van der Waals surface area contributed by atoms with E-state index in [4.69, 9.17) is 9.15 Å². The average molecular weight is 475 g/mol. The van der Waals surface area contributed by atoms with E-state index < -0.39 is 11.8 Å². The Balaban J connectivity index is 1.23. The predicted molar refractivity (Wildman–Crippen MR) is 129 cm³/mol. The third-order valence-corrected chi connectivity index (χ3v) is 6.22. The largest absolute Gasteiger partial charge is 0.486 e. The van der Waals surface area contributed by atoms with Crippen LogP contribution in [0.25, 0.3) is 0 Å². The van der Waals surface area contributed by atoms with Crippen molar-refractivity contribution in [3.05, 3.63) is 76.8 Å². The first-order valence-corrected chi connectivity index (χ1v) is 11.4. The molecule has 0 bridgehead atoms. The Bertz CT molecular complexity index is 1410. The van der Waals surface area contributed by atoms with Gasteiger partial charge in [-0.05, 0) is 61.6 Å². The smallest absolute Gasteiger partial charge is 0.291 e. The van der Waals surface area contributed by atoms with Crippen molar-refractivity contribution in [2.24, 2.45) is 14.1 Å². The number of amides is 2. The van der Waals surface area contributed by atoms with E-state index in [-0.39, 0.29) is 23.7 Å². The second kappa shape index (κ2) is 9.13. The minimum Gasteiger partial charge on any atom is -0.486 e. The summed E-state index contributed by atoms with van der Waals surface area (Å²) in [6.07, 6.45) is 6.36. The van der Waals surface area contributed by atoms with E-state index in [0.717, 1.165) is 24.3 Å². The molecule has 0 saturated carbocycles. The summed E-state index contributed by atoms with van der Waals surface area (Å²) in [5.41, 5.74) is 4.56. The molecule has 0 saturated heterocycles. The summed E-state index contributed by atoms with van der Waals surface area (Å²) in [7, 11) is 3.41. The van der Waals surface area contributed by atoms with Gasteiger partial charge in [-0.15, -0.1) is 0 Å². The number of anilines is 2. The third-order valence-electron chi connectivity index (χ3n) is 6.22. The standard InChI is InChI=1S/C25H26N6O4/c1-15-20(12-26-30(15)2)28-25(33)23-21(13-27-31(23)3)29-24(32)22-10-9-19(35-22)14-34-18-8-7-16-5-4-6-17(16)11-18/h7-13H,4-6,14H2,1-3H3,(H,28,33)(H,29,32). The number of ether oxygens (including phenoxy) is 1. The molecule has 1 aliphatic carbocycles. The summed E-state index contributed by atoms with van der Waals surface area (Å²) in [6, 6.07) is 9.41. The van der Waals surface area contributed by atoms with Gasteiger partial charge < -0.3 is 19.8 Å². The Labute approximate surface area is 201 Å². The molecule has 2 amide bonds. The molecule has 0 unspecified atom stereocenters. The van der Waals surface area contributed by atoms with Gasteiger partial charge in [0.2, 0.25) is 0 Å². The molecule has 0 spiro atoms. The van der Waals surface area contributed by atoms with Crippen LogP contribution >= 0.6 is 0 Å². The lowest BCUT2D eigenvalue weighted by Crippen LogP contribution is -2.20. The molecule has 0 radical (unpaired) electrons. The molecule has 1 aromatic carbocycles. The predicted octanol–water partition coefficient (Wildman–Crippen LogP) is 3.63. The molecule has 2 N–H and O–H groups in total. The molecule has 180 valence electrons. The van der Waals surface area contributed by atoms with Crippen molar-refractivity contribution < 1.29 is 18.7 Å². The normalized spacial score (nSPS) is 12.4. The average Bonchev–Trinajstić information content (AvgIpc) is 3.63. The van der Waals surface area contributed by atoms with Crippen molar-refractivity contribution in [2.45, 2.75) is 32.8 Å². The van der Waals surface area contributed by atoms with Gasteiger partial charge in [0, 0.05) is 14.1 Å². The second-order valence-electron chi connectivity index (χ2n) is 8.54. The molecule has 3 aromatic heterocycles. The van der Waals surface area contributed by atoms with Crippen LogP contribution in [-0.2, 0) is 33.5 Å². The van der Waals surface area contributed by atoms with Crippen molar-refractivity contribution in [1.29, 1.82) is 0 Å². The highest BCUT2D eigenvalue weighted by Gasteiger charge is 2.22. The Morgan fingerprint density at radius 1 is 0.971 bits per heavy atom. The number of aromatic nitrogens is 4. The molecule has 10 heteroatoms. The summed E-state index contributed by atoms with van der Waals surface area (Å²) < 4.78 is 14.6. The summed E-state index contributed by atoms with van der Waals surface area (Å²) in [5, 5.41) is 13.8. The fraction of sp³-hybridized carbons (Fsp3) is 0.280. The van der Waals surface area contributed by atoms with Gasteiger partial charge in [-0.1, -0.05) is 6.07 Å².